The first-order chi connectivity index (χ1) is 9.81. The minimum absolute atomic E-state index is 0.596. The lowest BCUT2D eigenvalue weighted by Gasteiger charge is -2.32. The van der Waals surface area contributed by atoms with Gasteiger partial charge in [0.1, 0.15) is 5.82 Å². The molecule has 5 nitrogen and oxygen atoms in total. The van der Waals surface area contributed by atoms with Gasteiger partial charge < -0.3 is 15.1 Å². The Morgan fingerprint density at radius 3 is 2.60 bits per heavy atom. The molecule has 0 radical (unpaired) electrons. The van der Waals surface area contributed by atoms with Crippen LogP contribution in [0, 0.1) is 0 Å². The summed E-state index contributed by atoms with van der Waals surface area (Å²) < 4.78 is 0. The Morgan fingerprint density at radius 2 is 1.85 bits per heavy atom. The van der Waals surface area contributed by atoms with Crippen molar-refractivity contribution in [2.24, 2.45) is 0 Å². The Morgan fingerprint density at radius 1 is 1.10 bits per heavy atom. The molecule has 0 amide bonds. The van der Waals surface area contributed by atoms with E-state index in [4.69, 9.17) is 4.98 Å². The predicted molar refractivity (Wildman–Crippen MR) is 82.2 cm³/mol. The summed E-state index contributed by atoms with van der Waals surface area (Å²) in [6.45, 7) is 4.21. The minimum Gasteiger partial charge on any atom is -0.367 e. The Balaban J connectivity index is 1.63. The van der Waals surface area contributed by atoms with Crippen LogP contribution in [0.4, 0.5) is 11.8 Å². The van der Waals surface area contributed by atoms with Crippen LogP contribution in [0.1, 0.15) is 32.1 Å². The lowest BCUT2D eigenvalue weighted by atomic mass is 9.95. The zero-order valence-electron chi connectivity index (χ0n) is 12.4. The van der Waals surface area contributed by atoms with Gasteiger partial charge in [-0.25, -0.2) is 4.98 Å². The van der Waals surface area contributed by atoms with Gasteiger partial charge in [-0.05, 0) is 26.0 Å². The number of anilines is 2. The predicted octanol–water partition coefficient (Wildman–Crippen LogP) is 1.97. The number of piperazine rings is 1. The Bertz CT molecular complexity index is 422. The molecule has 1 saturated heterocycles. The third-order valence-corrected chi connectivity index (χ3v) is 4.39. The van der Waals surface area contributed by atoms with Crippen molar-refractivity contribution in [3.05, 3.63) is 12.3 Å². The van der Waals surface area contributed by atoms with Gasteiger partial charge in [-0.15, -0.1) is 0 Å². The van der Waals surface area contributed by atoms with Crippen molar-refractivity contribution in [2.75, 3.05) is 43.4 Å². The molecule has 0 aromatic carbocycles. The SMILES string of the molecule is CN1CCN(c2nccc(NC3CCCCC3)n2)CC1. The van der Waals surface area contributed by atoms with Gasteiger partial charge in [-0.1, -0.05) is 19.3 Å². The van der Waals surface area contributed by atoms with Crippen molar-refractivity contribution >= 4 is 11.8 Å². The topological polar surface area (TPSA) is 44.3 Å². The molecule has 2 heterocycles. The molecule has 5 heteroatoms. The van der Waals surface area contributed by atoms with Gasteiger partial charge in [0.05, 0.1) is 0 Å². The molecular weight excluding hydrogens is 250 g/mol. The number of hydrogen-bond acceptors (Lipinski definition) is 5. The smallest absolute Gasteiger partial charge is 0.227 e. The van der Waals surface area contributed by atoms with Gasteiger partial charge in [0.2, 0.25) is 5.95 Å². The van der Waals surface area contributed by atoms with Crippen molar-refractivity contribution < 1.29 is 0 Å². The van der Waals surface area contributed by atoms with Gasteiger partial charge in [0.15, 0.2) is 0 Å². The van der Waals surface area contributed by atoms with Crippen LogP contribution in [0.15, 0.2) is 12.3 Å². The second-order valence-electron chi connectivity index (χ2n) is 6.01. The highest BCUT2D eigenvalue weighted by Crippen LogP contribution is 2.21. The summed E-state index contributed by atoms with van der Waals surface area (Å²) in [6, 6.07) is 2.59. The van der Waals surface area contributed by atoms with Crippen molar-refractivity contribution in [3.63, 3.8) is 0 Å². The van der Waals surface area contributed by atoms with Crippen LogP contribution in [-0.2, 0) is 0 Å². The van der Waals surface area contributed by atoms with Crippen LogP contribution >= 0.6 is 0 Å². The van der Waals surface area contributed by atoms with Gasteiger partial charge in [0.25, 0.3) is 0 Å². The summed E-state index contributed by atoms with van der Waals surface area (Å²) in [5, 5.41) is 3.58. The summed E-state index contributed by atoms with van der Waals surface area (Å²) in [6.07, 6.45) is 8.49. The van der Waals surface area contributed by atoms with Crippen molar-refractivity contribution in [1.29, 1.82) is 0 Å². The quantitative estimate of drug-likeness (QED) is 0.913. The van der Waals surface area contributed by atoms with E-state index in [2.05, 4.69) is 27.1 Å². The van der Waals surface area contributed by atoms with Crippen LogP contribution in [-0.4, -0.2) is 54.1 Å². The van der Waals surface area contributed by atoms with Crippen LogP contribution in [0.2, 0.25) is 0 Å². The second-order valence-corrected chi connectivity index (χ2v) is 6.01. The first kappa shape index (κ1) is 13.6. The number of rotatable bonds is 3. The molecule has 1 aliphatic heterocycles. The zero-order valence-corrected chi connectivity index (χ0v) is 12.4. The molecular formula is C15H25N5. The van der Waals surface area contributed by atoms with E-state index in [0.717, 1.165) is 37.9 Å². The highest BCUT2D eigenvalue weighted by molar-refractivity contribution is 5.42. The number of aromatic nitrogens is 2. The van der Waals surface area contributed by atoms with Crippen LogP contribution in [0.5, 0.6) is 0 Å². The molecule has 0 unspecified atom stereocenters. The molecule has 2 fully saturated rings. The Kier molecular flexibility index (Phi) is 4.35. The third kappa shape index (κ3) is 3.39. The van der Waals surface area contributed by atoms with E-state index in [9.17, 15) is 0 Å². The molecule has 3 rings (SSSR count). The minimum atomic E-state index is 0.596. The fourth-order valence-corrected chi connectivity index (χ4v) is 3.04. The van der Waals surface area contributed by atoms with Crippen molar-refractivity contribution in [2.45, 2.75) is 38.1 Å². The summed E-state index contributed by atoms with van der Waals surface area (Å²) >= 11 is 0. The number of hydrogen-bond donors (Lipinski definition) is 1. The second kappa shape index (κ2) is 6.39. The standard InChI is InChI=1S/C15H25N5/c1-19-9-11-20(12-10-19)15-16-8-7-14(18-15)17-13-5-3-2-4-6-13/h7-8,13H,2-6,9-12H2,1H3,(H,16,17,18). The van der Waals surface area contributed by atoms with Gasteiger partial charge >= 0.3 is 0 Å². The molecule has 20 heavy (non-hydrogen) atoms. The maximum absolute atomic E-state index is 4.70. The van der Waals surface area contributed by atoms with E-state index in [0.29, 0.717) is 6.04 Å². The molecule has 0 bridgehead atoms. The molecule has 110 valence electrons. The first-order valence-corrected chi connectivity index (χ1v) is 7.84. The van der Waals surface area contributed by atoms with Crippen LogP contribution in [0.3, 0.4) is 0 Å². The number of nitrogens with one attached hydrogen (secondary N) is 1. The fraction of sp³-hybridized carbons (Fsp3) is 0.733. The third-order valence-electron chi connectivity index (χ3n) is 4.39. The van der Waals surface area contributed by atoms with E-state index >= 15 is 0 Å². The van der Waals surface area contributed by atoms with Gasteiger partial charge in [-0.3, -0.25) is 0 Å². The molecule has 0 spiro atoms. The molecule has 1 N–H and O–H groups in total. The fourth-order valence-electron chi connectivity index (χ4n) is 3.04. The van der Waals surface area contributed by atoms with Crippen LogP contribution < -0.4 is 10.2 Å². The summed E-state index contributed by atoms with van der Waals surface area (Å²) in [4.78, 5) is 13.8. The van der Waals surface area contributed by atoms with E-state index in [1.54, 1.807) is 0 Å². The lowest BCUT2D eigenvalue weighted by Crippen LogP contribution is -2.45. The maximum Gasteiger partial charge on any atom is 0.227 e. The van der Waals surface area contributed by atoms with Crippen LogP contribution in [0.25, 0.3) is 0 Å². The highest BCUT2D eigenvalue weighted by atomic mass is 15.3. The van der Waals surface area contributed by atoms with Gasteiger partial charge in [0, 0.05) is 38.4 Å². The Labute approximate surface area is 121 Å². The van der Waals surface area contributed by atoms with E-state index in [1.807, 2.05) is 12.3 Å². The van der Waals surface area contributed by atoms with Crippen molar-refractivity contribution in [3.8, 4) is 0 Å². The Hall–Kier alpha value is -1.36. The monoisotopic (exact) mass is 275 g/mol. The van der Waals surface area contributed by atoms with Crippen molar-refractivity contribution in [1.82, 2.24) is 14.9 Å². The van der Waals surface area contributed by atoms with Gasteiger partial charge in [-0.2, -0.15) is 4.98 Å². The first-order valence-electron chi connectivity index (χ1n) is 7.84. The summed E-state index contributed by atoms with van der Waals surface area (Å²) in [7, 11) is 2.17. The highest BCUT2D eigenvalue weighted by Gasteiger charge is 2.18. The molecule has 0 atom stereocenters. The molecule has 2 aliphatic rings. The summed E-state index contributed by atoms with van der Waals surface area (Å²) in [5.41, 5.74) is 0. The largest absolute Gasteiger partial charge is 0.367 e. The molecule has 1 aromatic heterocycles. The molecule has 1 saturated carbocycles. The average molecular weight is 275 g/mol. The maximum atomic E-state index is 4.70. The summed E-state index contributed by atoms with van der Waals surface area (Å²) in [5.74, 6) is 1.86. The van der Waals surface area contributed by atoms with E-state index in [1.165, 1.54) is 32.1 Å². The van der Waals surface area contributed by atoms with E-state index in [-0.39, 0.29) is 0 Å². The molecule has 1 aromatic rings. The zero-order chi connectivity index (χ0) is 13.8. The van der Waals surface area contributed by atoms with E-state index < -0.39 is 0 Å². The normalized spacial score (nSPS) is 21.9. The number of nitrogens with zero attached hydrogens (tertiary/aromatic N) is 4. The number of likely N-dealkylation sites (N-methyl/N-ethyl adjacent to an activating group) is 1. The molecule has 1 aliphatic carbocycles. The average Bonchev–Trinajstić information content (AvgIpc) is 2.49. The lowest BCUT2D eigenvalue weighted by molar-refractivity contribution is 0.311.